The van der Waals surface area contributed by atoms with E-state index in [4.69, 9.17) is 0 Å². The monoisotopic (exact) mass is 320 g/mol. The third-order valence-electron chi connectivity index (χ3n) is 4.59. The summed E-state index contributed by atoms with van der Waals surface area (Å²) >= 11 is 0. The van der Waals surface area contributed by atoms with E-state index in [0.717, 1.165) is 0 Å². The molecule has 120 valence electrons. The summed E-state index contributed by atoms with van der Waals surface area (Å²) in [6, 6.07) is 36.7. The predicted molar refractivity (Wildman–Crippen MR) is 107 cm³/mol. The Morgan fingerprint density at radius 3 is 1.32 bits per heavy atom. The lowest BCUT2D eigenvalue weighted by atomic mass is 9.93. The fourth-order valence-electron chi connectivity index (χ4n) is 3.19. The molecular weight excluding hydrogens is 300 g/mol. The summed E-state index contributed by atoms with van der Waals surface area (Å²) in [6.07, 6.45) is 0. The highest BCUT2D eigenvalue weighted by atomic mass is 14.1. The Labute approximate surface area is 149 Å². The van der Waals surface area contributed by atoms with Crippen LogP contribution in [0.25, 0.3) is 33.4 Å². The number of benzene rings is 4. The van der Waals surface area contributed by atoms with E-state index in [0.29, 0.717) is 0 Å². The molecule has 4 aromatic carbocycles. The minimum absolute atomic E-state index is 1.25. The highest BCUT2D eigenvalue weighted by molar-refractivity contribution is 5.84. The standard InChI is InChI=1S/C25H20/c1-19-11-13-22(14-12-19)24-9-5-6-10-25(24)23-17-15-21(16-18-23)20-7-3-2-4-8-20/h2-18H,1H3. The maximum absolute atomic E-state index is 2.22. The Hall–Kier alpha value is -3.12. The summed E-state index contributed by atoms with van der Waals surface area (Å²) < 4.78 is 0. The molecule has 0 fully saturated rings. The molecule has 0 heterocycles. The van der Waals surface area contributed by atoms with E-state index in [1.165, 1.54) is 38.9 Å². The molecule has 0 aliphatic carbocycles. The summed E-state index contributed by atoms with van der Waals surface area (Å²) in [4.78, 5) is 0. The average Bonchev–Trinajstić information content (AvgIpc) is 2.69. The van der Waals surface area contributed by atoms with Gasteiger partial charge in [-0.1, -0.05) is 109 Å². The zero-order valence-electron chi connectivity index (χ0n) is 14.3. The third kappa shape index (κ3) is 3.25. The minimum atomic E-state index is 1.25. The Balaban J connectivity index is 1.74. The molecule has 4 aromatic rings. The average molecular weight is 320 g/mol. The van der Waals surface area contributed by atoms with Gasteiger partial charge in [0.1, 0.15) is 0 Å². The van der Waals surface area contributed by atoms with Gasteiger partial charge in [-0.3, -0.25) is 0 Å². The molecule has 4 rings (SSSR count). The largest absolute Gasteiger partial charge is 0.0622 e. The number of aryl methyl sites for hydroxylation is 1. The van der Waals surface area contributed by atoms with E-state index in [-0.39, 0.29) is 0 Å². The van der Waals surface area contributed by atoms with E-state index < -0.39 is 0 Å². The molecule has 0 amide bonds. The second-order valence-electron chi connectivity index (χ2n) is 6.35. The molecule has 25 heavy (non-hydrogen) atoms. The van der Waals surface area contributed by atoms with Crippen molar-refractivity contribution in [2.24, 2.45) is 0 Å². The smallest absolute Gasteiger partial charge is 0.0105 e. The van der Waals surface area contributed by atoms with Crippen molar-refractivity contribution in [3.8, 4) is 33.4 Å². The molecule has 0 radical (unpaired) electrons. The van der Waals surface area contributed by atoms with Crippen molar-refractivity contribution < 1.29 is 0 Å². The molecule has 0 unspecified atom stereocenters. The number of hydrogen-bond donors (Lipinski definition) is 0. The Bertz CT molecular complexity index is 962. The second kappa shape index (κ2) is 6.78. The maximum Gasteiger partial charge on any atom is -0.0105 e. The first kappa shape index (κ1) is 15.4. The molecule has 0 aromatic heterocycles. The third-order valence-corrected chi connectivity index (χ3v) is 4.59. The van der Waals surface area contributed by atoms with Crippen LogP contribution in [0.15, 0.2) is 103 Å². The van der Waals surface area contributed by atoms with Crippen molar-refractivity contribution in [1.29, 1.82) is 0 Å². The molecule has 0 aliphatic heterocycles. The highest BCUT2D eigenvalue weighted by Gasteiger charge is 2.07. The Morgan fingerprint density at radius 2 is 0.760 bits per heavy atom. The van der Waals surface area contributed by atoms with E-state index in [2.05, 4.69) is 110 Å². The first-order chi connectivity index (χ1) is 12.3. The van der Waals surface area contributed by atoms with Crippen LogP contribution in [-0.2, 0) is 0 Å². The van der Waals surface area contributed by atoms with Crippen molar-refractivity contribution in [3.63, 3.8) is 0 Å². The molecule has 0 atom stereocenters. The van der Waals surface area contributed by atoms with Crippen LogP contribution in [-0.4, -0.2) is 0 Å². The molecule has 0 aliphatic rings. The van der Waals surface area contributed by atoms with Crippen LogP contribution in [0.1, 0.15) is 5.56 Å². The number of hydrogen-bond acceptors (Lipinski definition) is 0. The van der Waals surface area contributed by atoms with Gasteiger partial charge in [-0.15, -0.1) is 0 Å². The molecule has 0 spiro atoms. The van der Waals surface area contributed by atoms with Crippen molar-refractivity contribution in [2.45, 2.75) is 6.92 Å². The summed E-state index contributed by atoms with van der Waals surface area (Å²) in [7, 11) is 0. The van der Waals surface area contributed by atoms with Crippen molar-refractivity contribution in [1.82, 2.24) is 0 Å². The summed E-state index contributed by atoms with van der Waals surface area (Å²) in [5.41, 5.74) is 8.83. The highest BCUT2D eigenvalue weighted by Crippen LogP contribution is 2.33. The van der Waals surface area contributed by atoms with Crippen LogP contribution in [0.3, 0.4) is 0 Å². The number of rotatable bonds is 3. The van der Waals surface area contributed by atoms with E-state index >= 15 is 0 Å². The Kier molecular flexibility index (Phi) is 4.18. The van der Waals surface area contributed by atoms with Gasteiger partial charge in [0, 0.05) is 0 Å². The van der Waals surface area contributed by atoms with Crippen LogP contribution in [0.4, 0.5) is 0 Å². The van der Waals surface area contributed by atoms with E-state index in [9.17, 15) is 0 Å². The second-order valence-corrected chi connectivity index (χ2v) is 6.35. The van der Waals surface area contributed by atoms with Crippen molar-refractivity contribution >= 4 is 0 Å². The quantitative estimate of drug-likeness (QED) is 0.381. The van der Waals surface area contributed by atoms with Gasteiger partial charge in [0.05, 0.1) is 0 Å². The van der Waals surface area contributed by atoms with E-state index in [1.807, 2.05) is 0 Å². The van der Waals surface area contributed by atoms with Crippen LogP contribution >= 0.6 is 0 Å². The van der Waals surface area contributed by atoms with Crippen LogP contribution in [0, 0.1) is 6.92 Å². The summed E-state index contributed by atoms with van der Waals surface area (Å²) in [6.45, 7) is 2.12. The van der Waals surface area contributed by atoms with Gasteiger partial charge in [0.15, 0.2) is 0 Å². The topological polar surface area (TPSA) is 0 Å². The van der Waals surface area contributed by atoms with Crippen LogP contribution in [0.5, 0.6) is 0 Å². The fourth-order valence-corrected chi connectivity index (χ4v) is 3.19. The van der Waals surface area contributed by atoms with Gasteiger partial charge in [0.25, 0.3) is 0 Å². The van der Waals surface area contributed by atoms with Crippen LogP contribution < -0.4 is 0 Å². The fraction of sp³-hybridized carbons (Fsp3) is 0.0400. The summed E-state index contributed by atoms with van der Waals surface area (Å²) in [5.74, 6) is 0. The van der Waals surface area contributed by atoms with Crippen molar-refractivity contribution in [2.75, 3.05) is 0 Å². The van der Waals surface area contributed by atoms with Gasteiger partial charge in [-0.2, -0.15) is 0 Å². The molecule has 0 heteroatoms. The maximum atomic E-state index is 2.22. The van der Waals surface area contributed by atoms with Gasteiger partial charge in [0.2, 0.25) is 0 Å². The zero-order chi connectivity index (χ0) is 17.1. The van der Waals surface area contributed by atoms with Crippen LogP contribution in [0.2, 0.25) is 0 Å². The molecule has 0 N–H and O–H groups in total. The molecule has 0 saturated carbocycles. The van der Waals surface area contributed by atoms with E-state index in [1.54, 1.807) is 0 Å². The normalized spacial score (nSPS) is 10.6. The van der Waals surface area contributed by atoms with Gasteiger partial charge < -0.3 is 0 Å². The van der Waals surface area contributed by atoms with Gasteiger partial charge in [-0.25, -0.2) is 0 Å². The zero-order valence-corrected chi connectivity index (χ0v) is 14.3. The predicted octanol–water partition coefficient (Wildman–Crippen LogP) is 7.00. The summed E-state index contributed by atoms with van der Waals surface area (Å²) in [5, 5.41) is 0. The van der Waals surface area contributed by atoms with Gasteiger partial charge >= 0.3 is 0 Å². The lowest BCUT2D eigenvalue weighted by Crippen LogP contribution is -1.86. The minimum Gasteiger partial charge on any atom is -0.0622 e. The lowest BCUT2D eigenvalue weighted by Gasteiger charge is -2.11. The molecule has 0 bridgehead atoms. The SMILES string of the molecule is Cc1ccc(-c2ccccc2-c2ccc(-c3ccccc3)cc2)cc1. The Morgan fingerprint density at radius 1 is 0.360 bits per heavy atom. The first-order valence-corrected chi connectivity index (χ1v) is 8.63. The molecule has 0 nitrogen and oxygen atoms in total. The lowest BCUT2D eigenvalue weighted by molar-refractivity contribution is 1.47. The molecular formula is C25H20. The van der Waals surface area contributed by atoms with Gasteiger partial charge in [-0.05, 0) is 40.3 Å². The molecule has 0 saturated heterocycles. The van der Waals surface area contributed by atoms with Crippen molar-refractivity contribution in [3.05, 3.63) is 109 Å². The first-order valence-electron chi connectivity index (χ1n) is 8.63.